The zero-order chi connectivity index (χ0) is 23.5. The molecule has 0 fully saturated rings. The fraction of sp³-hybridized carbons (Fsp3) is 0.273. The number of methoxy groups -OCH3 is 1. The van der Waals surface area contributed by atoms with Crippen molar-refractivity contribution < 1.29 is 17.9 Å². The summed E-state index contributed by atoms with van der Waals surface area (Å²) in [7, 11) is 3.38. The van der Waals surface area contributed by atoms with Crippen LogP contribution in [0.5, 0.6) is 0 Å². The molecule has 0 amide bonds. The van der Waals surface area contributed by atoms with Crippen molar-refractivity contribution in [2.75, 3.05) is 13.7 Å². The zero-order valence-corrected chi connectivity index (χ0v) is 18.5. The average molecular weight is 477 g/mol. The molecule has 0 spiro atoms. The Labute approximate surface area is 192 Å². The highest BCUT2D eigenvalue weighted by atomic mass is 35.5. The minimum atomic E-state index is -2.86. The lowest BCUT2D eigenvalue weighted by molar-refractivity contribution is 0.151. The van der Waals surface area contributed by atoms with Crippen LogP contribution in [0.3, 0.4) is 0 Å². The van der Waals surface area contributed by atoms with Gasteiger partial charge in [-0.15, -0.1) is 5.10 Å². The van der Waals surface area contributed by atoms with Gasteiger partial charge in [0.2, 0.25) is 0 Å². The Bertz CT molecular complexity index is 1240. The molecule has 0 saturated carbocycles. The lowest BCUT2D eigenvalue weighted by Crippen LogP contribution is -2.15. The molecule has 0 N–H and O–H groups in total. The molecule has 1 aromatic carbocycles. The molecule has 0 aliphatic rings. The first-order valence-electron chi connectivity index (χ1n) is 10.0. The van der Waals surface area contributed by atoms with Crippen LogP contribution in [0.1, 0.15) is 30.1 Å². The smallest absolute Gasteiger partial charge is 0.264 e. The van der Waals surface area contributed by atoms with Crippen molar-refractivity contribution in [3.8, 4) is 22.4 Å². The van der Waals surface area contributed by atoms with E-state index in [0.29, 0.717) is 18.7 Å². The minimum Gasteiger partial charge on any atom is -0.385 e. The number of benzene rings is 1. The second kappa shape index (κ2) is 9.72. The summed E-state index contributed by atoms with van der Waals surface area (Å²) in [5.41, 5.74) is 1.75. The van der Waals surface area contributed by atoms with E-state index in [-0.39, 0.29) is 22.2 Å². The second-order valence-electron chi connectivity index (χ2n) is 7.35. The van der Waals surface area contributed by atoms with Crippen molar-refractivity contribution >= 4 is 11.6 Å². The van der Waals surface area contributed by atoms with Gasteiger partial charge < -0.3 is 4.74 Å². The quantitative estimate of drug-likeness (QED) is 0.354. The highest BCUT2D eigenvalue weighted by Gasteiger charge is 2.22. The Morgan fingerprint density at radius 2 is 1.91 bits per heavy atom. The highest BCUT2D eigenvalue weighted by Crippen LogP contribution is 2.36. The van der Waals surface area contributed by atoms with Crippen LogP contribution in [-0.4, -0.2) is 43.5 Å². The molecule has 1 atom stereocenters. The maximum atomic E-state index is 14.6. The number of alkyl halides is 2. The van der Waals surface area contributed by atoms with Gasteiger partial charge in [-0.3, -0.25) is 9.67 Å². The van der Waals surface area contributed by atoms with Crippen LogP contribution in [0, 0.1) is 5.82 Å². The molecule has 7 nitrogen and oxygen atoms in total. The molecule has 0 aliphatic carbocycles. The van der Waals surface area contributed by atoms with Gasteiger partial charge in [0.05, 0.1) is 34.8 Å². The van der Waals surface area contributed by atoms with E-state index in [1.807, 2.05) is 6.20 Å². The number of hydrogen-bond donors (Lipinski definition) is 0. The molecule has 33 heavy (non-hydrogen) atoms. The van der Waals surface area contributed by atoms with Gasteiger partial charge in [0.15, 0.2) is 0 Å². The summed E-state index contributed by atoms with van der Waals surface area (Å²) < 4.78 is 50.2. The van der Waals surface area contributed by atoms with E-state index in [4.69, 9.17) is 16.3 Å². The number of rotatable bonds is 8. The molecule has 11 heteroatoms. The van der Waals surface area contributed by atoms with Crippen molar-refractivity contribution in [3.63, 3.8) is 0 Å². The predicted molar refractivity (Wildman–Crippen MR) is 116 cm³/mol. The van der Waals surface area contributed by atoms with Crippen LogP contribution in [0.15, 0.2) is 49.1 Å². The summed E-state index contributed by atoms with van der Waals surface area (Å²) in [6.07, 6.45) is 4.25. The SMILES string of the molecule is COCCC(c1ccc(-c2c(C(F)F)ccc(Cl)c2F)cn1)n1cc(-c2cnnn2C)cn1. The van der Waals surface area contributed by atoms with Crippen molar-refractivity contribution in [2.24, 2.45) is 7.05 Å². The van der Waals surface area contributed by atoms with Crippen LogP contribution in [0.2, 0.25) is 5.02 Å². The van der Waals surface area contributed by atoms with E-state index < -0.39 is 17.8 Å². The van der Waals surface area contributed by atoms with E-state index in [0.717, 1.165) is 23.4 Å². The van der Waals surface area contributed by atoms with Gasteiger partial charge in [0.1, 0.15) is 5.82 Å². The van der Waals surface area contributed by atoms with Crippen molar-refractivity contribution in [1.82, 2.24) is 29.8 Å². The largest absolute Gasteiger partial charge is 0.385 e. The summed E-state index contributed by atoms with van der Waals surface area (Å²) in [6, 6.07) is 5.17. The normalized spacial score (nSPS) is 12.5. The number of pyridine rings is 1. The molecule has 3 aromatic heterocycles. The van der Waals surface area contributed by atoms with Gasteiger partial charge >= 0.3 is 0 Å². The molecule has 4 rings (SSSR count). The maximum absolute atomic E-state index is 14.6. The van der Waals surface area contributed by atoms with Crippen molar-refractivity contribution in [1.29, 1.82) is 0 Å². The Morgan fingerprint density at radius 1 is 1.09 bits per heavy atom. The van der Waals surface area contributed by atoms with E-state index in [1.165, 1.54) is 6.20 Å². The minimum absolute atomic E-state index is 0.210. The van der Waals surface area contributed by atoms with E-state index >= 15 is 0 Å². The van der Waals surface area contributed by atoms with Gasteiger partial charge in [-0.05, 0) is 18.6 Å². The summed E-state index contributed by atoms with van der Waals surface area (Å²) in [5.74, 6) is -0.901. The maximum Gasteiger partial charge on any atom is 0.264 e. The summed E-state index contributed by atoms with van der Waals surface area (Å²) in [4.78, 5) is 4.44. The third-order valence-electron chi connectivity index (χ3n) is 5.31. The van der Waals surface area contributed by atoms with Gasteiger partial charge in [0.25, 0.3) is 6.43 Å². The number of aromatic nitrogens is 6. The molecule has 0 bridgehead atoms. The van der Waals surface area contributed by atoms with E-state index in [2.05, 4.69) is 20.4 Å². The fourth-order valence-corrected chi connectivity index (χ4v) is 3.79. The third kappa shape index (κ3) is 4.62. The number of hydrogen-bond acceptors (Lipinski definition) is 5. The molecule has 172 valence electrons. The zero-order valence-electron chi connectivity index (χ0n) is 17.8. The lowest BCUT2D eigenvalue weighted by Gasteiger charge is -2.18. The first-order valence-corrected chi connectivity index (χ1v) is 10.4. The standard InChI is InChI=1S/C22H20ClF3N6O/c1-31-19(11-28-30-31)14-10-29-32(12-14)18(7-8-33-2)17-6-3-13(9-27-17)20-15(22(25)26)4-5-16(23)21(20)24/h3-6,9-12,18,22H,7-8H2,1-2H3. The van der Waals surface area contributed by atoms with Gasteiger partial charge in [0, 0.05) is 55.4 Å². The van der Waals surface area contributed by atoms with E-state index in [1.54, 1.807) is 48.0 Å². The molecule has 3 heterocycles. The Balaban J connectivity index is 1.70. The molecule has 0 saturated heterocycles. The first-order chi connectivity index (χ1) is 15.9. The first kappa shape index (κ1) is 22.9. The Morgan fingerprint density at radius 3 is 2.55 bits per heavy atom. The van der Waals surface area contributed by atoms with Crippen LogP contribution < -0.4 is 0 Å². The van der Waals surface area contributed by atoms with Crippen molar-refractivity contribution in [3.05, 3.63) is 71.2 Å². The Hall–Kier alpha value is -3.24. The number of ether oxygens (including phenoxy) is 1. The average Bonchev–Trinajstić information content (AvgIpc) is 3.45. The molecule has 0 radical (unpaired) electrons. The number of halogens is 4. The number of nitrogens with zero attached hydrogens (tertiary/aromatic N) is 6. The summed E-state index contributed by atoms with van der Waals surface area (Å²) >= 11 is 5.84. The third-order valence-corrected chi connectivity index (χ3v) is 5.60. The second-order valence-corrected chi connectivity index (χ2v) is 7.75. The van der Waals surface area contributed by atoms with Gasteiger partial charge in [-0.2, -0.15) is 5.10 Å². The summed E-state index contributed by atoms with van der Waals surface area (Å²) in [6.45, 7) is 0.439. The number of aryl methyl sites for hydroxylation is 1. The molecule has 0 aliphatic heterocycles. The molecule has 1 unspecified atom stereocenters. The fourth-order valence-electron chi connectivity index (χ4n) is 3.63. The van der Waals surface area contributed by atoms with Crippen LogP contribution >= 0.6 is 11.6 Å². The monoisotopic (exact) mass is 476 g/mol. The predicted octanol–water partition coefficient (Wildman–Crippen LogP) is 5.10. The lowest BCUT2D eigenvalue weighted by atomic mass is 9.99. The van der Waals surface area contributed by atoms with E-state index in [9.17, 15) is 13.2 Å². The summed E-state index contributed by atoms with van der Waals surface area (Å²) in [5, 5.41) is 12.0. The van der Waals surface area contributed by atoms with Crippen LogP contribution in [0.25, 0.3) is 22.4 Å². The topological polar surface area (TPSA) is 70.7 Å². The van der Waals surface area contributed by atoms with Gasteiger partial charge in [-0.25, -0.2) is 17.9 Å². The molecular formula is C22H20ClF3N6O. The highest BCUT2D eigenvalue weighted by molar-refractivity contribution is 6.31. The Kier molecular flexibility index (Phi) is 6.75. The van der Waals surface area contributed by atoms with Crippen LogP contribution in [0.4, 0.5) is 13.2 Å². The van der Waals surface area contributed by atoms with Crippen LogP contribution in [-0.2, 0) is 11.8 Å². The molecular weight excluding hydrogens is 457 g/mol. The van der Waals surface area contributed by atoms with Crippen molar-refractivity contribution in [2.45, 2.75) is 18.9 Å². The van der Waals surface area contributed by atoms with Gasteiger partial charge in [-0.1, -0.05) is 28.9 Å². The molecule has 4 aromatic rings.